The van der Waals surface area contributed by atoms with Gasteiger partial charge in [0.05, 0.1) is 0 Å². The van der Waals surface area contributed by atoms with Crippen molar-refractivity contribution in [3.05, 3.63) is 96.6 Å². The Bertz CT molecular complexity index is 622. The van der Waals surface area contributed by atoms with Gasteiger partial charge in [-0.2, -0.15) is 0 Å². The molecule has 0 aliphatic rings. The third-order valence-corrected chi connectivity index (χ3v) is 4.73. The maximum atomic E-state index is 12.0. The maximum Gasteiger partial charge on any atom is 0.131 e. The summed E-state index contributed by atoms with van der Waals surface area (Å²) in [5.74, 6) is 0. The highest BCUT2D eigenvalue weighted by molar-refractivity contribution is 7.61. The lowest BCUT2D eigenvalue weighted by molar-refractivity contribution is 0.598. The molecule has 0 radical (unpaired) electrons. The number of hydrogen-bond acceptors (Lipinski definition) is 1. The minimum absolute atomic E-state index is 0.920. The molecule has 0 aliphatic carbocycles. The Kier molecular flexibility index (Phi) is 5.99. The van der Waals surface area contributed by atoms with Crippen LogP contribution in [0.2, 0.25) is 0 Å². The van der Waals surface area contributed by atoms with Crippen LogP contribution in [0.3, 0.4) is 0 Å². The van der Waals surface area contributed by atoms with Crippen LogP contribution in [0.4, 0.5) is 0 Å². The number of benzene rings is 3. The van der Waals surface area contributed by atoms with E-state index in [0.717, 1.165) is 10.6 Å². The van der Waals surface area contributed by atoms with Crippen molar-refractivity contribution in [3.63, 3.8) is 0 Å². The quantitative estimate of drug-likeness (QED) is 0.648. The van der Waals surface area contributed by atoms with Crippen molar-refractivity contribution >= 4 is 18.4 Å². The van der Waals surface area contributed by atoms with Crippen molar-refractivity contribution < 1.29 is 4.57 Å². The number of rotatable bonds is 2. The smallest absolute Gasteiger partial charge is 0.131 e. The van der Waals surface area contributed by atoms with Crippen molar-refractivity contribution in [1.29, 1.82) is 0 Å². The third kappa shape index (κ3) is 5.06. The molecule has 0 saturated heterocycles. The fourth-order valence-electron chi connectivity index (χ4n) is 1.88. The molecule has 106 valence electrons. The second-order valence-corrected chi connectivity index (χ2v) is 6.53. The monoisotopic (exact) mass is 294 g/mol. The molecule has 0 fully saturated rings. The zero-order valence-corrected chi connectivity index (χ0v) is 13.1. The van der Waals surface area contributed by atoms with E-state index in [1.165, 1.54) is 5.56 Å². The molecule has 3 rings (SSSR count). The van der Waals surface area contributed by atoms with Crippen LogP contribution in [0.15, 0.2) is 91.0 Å². The van der Waals surface area contributed by atoms with E-state index >= 15 is 0 Å². The SMILES string of the molecule is Cc1ccccc1.O=[PH](c1ccccc1)c1ccccc1. The molecule has 21 heavy (non-hydrogen) atoms. The van der Waals surface area contributed by atoms with E-state index in [1.54, 1.807) is 0 Å². The first-order chi connectivity index (χ1) is 10.3. The third-order valence-electron chi connectivity index (χ3n) is 3.01. The average molecular weight is 294 g/mol. The Hall–Kier alpha value is -2.11. The summed E-state index contributed by atoms with van der Waals surface area (Å²) >= 11 is 0. The lowest BCUT2D eigenvalue weighted by Gasteiger charge is -2.01. The van der Waals surface area contributed by atoms with Gasteiger partial charge < -0.3 is 4.57 Å². The van der Waals surface area contributed by atoms with E-state index in [4.69, 9.17) is 0 Å². The maximum absolute atomic E-state index is 12.0. The first-order valence-electron chi connectivity index (χ1n) is 6.94. The molecule has 0 bridgehead atoms. The van der Waals surface area contributed by atoms with Crippen LogP contribution in [0.25, 0.3) is 0 Å². The zero-order chi connectivity index (χ0) is 14.9. The Balaban J connectivity index is 0.000000194. The van der Waals surface area contributed by atoms with Gasteiger partial charge in [0.15, 0.2) is 0 Å². The molecule has 0 heterocycles. The zero-order valence-electron chi connectivity index (χ0n) is 12.1. The molecule has 2 heteroatoms. The van der Waals surface area contributed by atoms with Gasteiger partial charge in [0, 0.05) is 10.6 Å². The topological polar surface area (TPSA) is 17.1 Å². The van der Waals surface area contributed by atoms with Crippen LogP contribution in [0.1, 0.15) is 5.56 Å². The molecule has 1 nitrogen and oxygen atoms in total. The van der Waals surface area contributed by atoms with E-state index in [0.29, 0.717) is 0 Å². The lowest BCUT2D eigenvalue weighted by atomic mass is 10.2. The van der Waals surface area contributed by atoms with Gasteiger partial charge in [-0.05, 0) is 6.92 Å². The normalized spacial score (nSPS) is 9.81. The highest BCUT2D eigenvalue weighted by Crippen LogP contribution is 2.18. The molecular formula is C19H19OP. The Morgan fingerprint density at radius 2 is 0.905 bits per heavy atom. The van der Waals surface area contributed by atoms with Crippen LogP contribution in [-0.2, 0) is 4.57 Å². The van der Waals surface area contributed by atoms with Crippen LogP contribution in [0, 0.1) is 6.92 Å². The van der Waals surface area contributed by atoms with Crippen molar-refractivity contribution in [1.82, 2.24) is 0 Å². The molecule has 0 unspecified atom stereocenters. The van der Waals surface area contributed by atoms with E-state index in [9.17, 15) is 4.57 Å². The molecule has 0 N–H and O–H groups in total. The summed E-state index contributed by atoms with van der Waals surface area (Å²) in [7, 11) is -1.79. The van der Waals surface area contributed by atoms with Gasteiger partial charge in [-0.3, -0.25) is 0 Å². The summed E-state index contributed by atoms with van der Waals surface area (Å²) in [6, 6.07) is 29.4. The molecule has 0 aromatic heterocycles. The largest absolute Gasteiger partial charge is 0.317 e. The first kappa shape index (κ1) is 15.3. The summed E-state index contributed by atoms with van der Waals surface area (Å²) in [6.07, 6.45) is 0. The molecule has 0 atom stereocenters. The summed E-state index contributed by atoms with van der Waals surface area (Å²) < 4.78 is 12.0. The predicted molar refractivity (Wildman–Crippen MR) is 92.3 cm³/mol. The van der Waals surface area contributed by atoms with Gasteiger partial charge in [-0.1, -0.05) is 96.6 Å². The molecule has 0 amide bonds. The predicted octanol–water partition coefficient (Wildman–Crippen LogP) is 4.19. The Morgan fingerprint density at radius 3 is 1.19 bits per heavy atom. The molecule has 0 aliphatic heterocycles. The summed E-state index contributed by atoms with van der Waals surface area (Å²) in [6.45, 7) is 2.08. The molecule has 3 aromatic carbocycles. The Labute approximate surface area is 127 Å². The highest BCUT2D eigenvalue weighted by Gasteiger charge is 2.03. The second kappa shape index (κ2) is 8.24. The first-order valence-corrected chi connectivity index (χ1v) is 8.34. The fraction of sp³-hybridized carbons (Fsp3) is 0.0526. The molecule has 0 spiro atoms. The Morgan fingerprint density at radius 1 is 0.571 bits per heavy atom. The van der Waals surface area contributed by atoms with E-state index in [-0.39, 0.29) is 0 Å². The van der Waals surface area contributed by atoms with Crippen LogP contribution >= 0.6 is 7.80 Å². The van der Waals surface area contributed by atoms with Gasteiger partial charge in [0.1, 0.15) is 7.80 Å². The van der Waals surface area contributed by atoms with Crippen LogP contribution in [-0.4, -0.2) is 0 Å². The summed E-state index contributed by atoms with van der Waals surface area (Å²) in [5, 5.41) is 1.84. The van der Waals surface area contributed by atoms with Crippen LogP contribution < -0.4 is 10.6 Å². The van der Waals surface area contributed by atoms with Gasteiger partial charge in [-0.15, -0.1) is 0 Å². The molecular weight excluding hydrogens is 275 g/mol. The van der Waals surface area contributed by atoms with Gasteiger partial charge in [-0.25, -0.2) is 0 Å². The minimum Gasteiger partial charge on any atom is -0.317 e. The van der Waals surface area contributed by atoms with E-state index < -0.39 is 7.80 Å². The average Bonchev–Trinajstić information content (AvgIpc) is 2.57. The summed E-state index contributed by atoms with van der Waals surface area (Å²) in [5.41, 5.74) is 1.32. The van der Waals surface area contributed by atoms with Crippen LogP contribution in [0.5, 0.6) is 0 Å². The fourth-order valence-corrected chi connectivity index (χ4v) is 3.20. The minimum atomic E-state index is -1.79. The van der Waals surface area contributed by atoms with Crippen molar-refractivity contribution in [2.75, 3.05) is 0 Å². The van der Waals surface area contributed by atoms with E-state index in [1.807, 2.05) is 78.9 Å². The number of hydrogen-bond donors (Lipinski definition) is 0. The molecule has 0 saturated carbocycles. The van der Waals surface area contributed by atoms with Crippen molar-refractivity contribution in [3.8, 4) is 0 Å². The van der Waals surface area contributed by atoms with Crippen molar-refractivity contribution in [2.24, 2.45) is 0 Å². The lowest BCUT2D eigenvalue weighted by Crippen LogP contribution is -2.04. The van der Waals surface area contributed by atoms with Crippen molar-refractivity contribution in [2.45, 2.75) is 6.92 Å². The second-order valence-electron chi connectivity index (χ2n) is 4.72. The molecule has 3 aromatic rings. The highest BCUT2D eigenvalue weighted by atomic mass is 31.1. The van der Waals surface area contributed by atoms with Gasteiger partial charge in [0.2, 0.25) is 0 Å². The van der Waals surface area contributed by atoms with Gasteiger partial charge in [0.25, 0.3) is 0 Å². The van der Waals surface area contributed by atoms with Gasteiger partial charge >= 0.3 is 0 Å². The summed E-state index contributed by atoms with van der Waals surface area (Å²) in [4.78, 5) is 0. The number of aryl methyl sites for hydroxylation is 1. The standard InChI is InChI=1S/C12H11OP.C7H8/c13-14(11-7-3-1-4-8-11)12-9-5-2-6-10-12;1-7-5-3-2-4-6-7/h1-10,14H;2-6H,1H3. The van der Waals surface area contributed by atoms with E-state index in [2.05, 4.69) is 19.1 Å².